The number of nitrogens with zero attached hydrogens (tertiary/aromatic N) is 2. The molecule has 0 aliphatic heterocycles. The number of methoxy groups -OCH3 is 2. The van der Waals surface area contributed by atoms with Crippen molar-refractivity contribution in [3.8, 4) is 5.75 Å². The topological polar surface area (TPSA) is 53.4 Å². The van der Waals surface area contributed by atoms with Gasteiger partial charge < -0.3 is 9.47 Å². The van der Waals surface area contributed by atoms with Crippen molar-refractivity contribution in [2.24, 2.45) is 0 Å². The SMILES string of the molecule is COCCn1ncc(Cl)c1C(=O)c1ccc(Br)cc1OC. The highest BCUT2D eigenvalue weighted by molar-refractivity contribution is 9.10. The van der Waals surface area contributed by atoms with Gasteiger partial charge in [-0.05, 0) is 18.2 Å². The lowest BCUT2D eigenvalue weighted by atomic mass is 10.1. The minimum atomic E-state index is -0.238. The second-order valence-corrected chi connectivity index (χ2v) is 5.55. The second kappa shape index (κ2) is 7.06. The number of hydrogen-bond donors (Lipinski definition) is 0. The maximum Gasteiger partial charge on any atom is 0.216 e. The van der Waals surface area contributed by atoms with Crippen LogP contribution in [-0.4, -0.2) is 36.4 Å². The molecule has 2 aromatic rings. The fraction of sp³-hybridized carbons (Fsp3) is 0.286. The Hall–Kier alpha value is -1.37. The summed E-state index contributed by atoms with van der Waals surface area (Å²) >= 11 is 9.45. The molecule has 0 aliphatic carbocycles. The first kappa shape index (κ1) is 16.0. The minimum Gasteiger partial charge on any atom is -0.496 e. The van der Waals surface area contributed by atoms with E-state index in [-0.39, 0.29) is 5.78 Å². The van der Waals surface area contributed by atoms with E-state index in [1.54, 1.807) is 25.3 Å². The van der Waals surface area contributed by atoms with Gasteiger partial charge in [0.25, 0.3) is 0 Å². The highest BCUT2D eigenvalue weighted by Crippen LogP contribution is 2.28. The predicted octanol–water partition coefficient (Wildman–Crippen LogP) is 3.19. The summed E-state index contributed by atoms with van der Waals surface area (Å²) in [5.41, 5.74) is 0.760. The Morgan fingerprint density at radius 3 is 2.86 bits per heavy atom. The zero-order chi connectivity index (χ0) is 15.4. The van der Waals surface area contributed by atoms with Crippen LogP contribution in [0.5, 0.6) is 5.75 Å². The summed E-state index contributed by atoms with van der Waals surface area (Å²) in [6.07, 6.45) is 1.45. The molecule has 0 N–H and O–H groups in total. The summed E-state index contributed by atoms with van der Waals surface area (Å²) in [4.78, 5) is 12.7. The van der Waals surface area contributed by atoms with E-state index in [0.29, 0.717) is 35.2 Å². The first-order valence-electron chi connectivity index (χ1n) is 6.17. The number of benzene rings is 1. The monoisotopic (exact) mass is 372 g/mol. The number of ether oxygens (including phenoxy) is 2. The van der Waals surface area contributed by atoms with E-state index < -0.39 is 0 Å². The number of aromatic nitrogens is 2. The van der Waals surface area contributed by atoms with Gasteiger partial charge >= 0.3 is 0 Å². The van der Waals surface area contributed by atoms with Crippen LogP contribution >= 0.6 is 27.5 Å². The second-order valence-electron chi connectivity index (χ2n) is 4.23. The molecule has 0 unspecified atom stereocenters. The Balaban J connectivity index is 2.43. The van der Waals surface area contributed by atoms with E-state index >= 15 is 0 Å². The van der Waals surface area contributed by atoms with Crippen molar-refractivity contribution in [1.29, 1.82) is 0 Å². The lowest BCUT2D eigenvalue weighted by Gasteiger charge is -2.10. The van der Waals surface area contributed by atoms with Gasteiger partial charge in [0.15, 0.2) is 0 Å². The van der Waals surface area contributed by atoms with Crippen LogP contribution in [0.1, 0.15) is 16.1 Å². The molecule has 7 heteroatoms. The van der Waals surface area contributed by atoms with E-state index in [2.05, 4.69) is 21.0 Å². The molecule has 0 aliphatic rings. The van der Waals surface area contributed by atoms with Crippen molar-refractivity contribution in [2.75, 3.05) is 20.8 Å². The van der Waals surface area contributed by atoms with Crippen molar-refractivity contribution in [2.45, 2.75) is 6.54 Å². The van der Waals surface area contributed by atoms with E-state index in [0.717, 1.165) is 4.47 Å². The van der Waals surface area contributed by atoms with Crippen LogP contribution in [0.4, 0.5) is 0 Å². The smallest absolute Gasteiger partial charge is 0.216 e. The van der Waals surface area contributed by atoms with Crippen LogP contribution in [-0.2, 0) is 11.3 Å². The molecular formula is C14H14BrClN2O3. The fourth-order valence-electron chi connectivity index (χ4n) is 1.92. The summed E-state index contributed by atoms with van der Waals surface area (Å²) in [7, 11) is 3.10. The van der Waals surface area contributed by atoms with Gasteiger partial charge in [-0.25, -0.2) is 0 Å². The number of rotatable bonds is 6. The van der Waals surface area contributed by atoms with Crippen molar-refractivity contribution in [3.05, 3.63) is 45.1 Å². The van der Waals surface area contributed by atoms with Crippen LogP contribution in [0.3, 0.4) is 0 Å². The van der Waals surface area contributed by atoms with Crippen LogP contribution in [0.2, 0.25) is 5.02 Å². The Morgan fingerprint density at radius 1 is 1.43 bits per heavy atom. The van der Waals surface area contributed by atoms with Gasteiger partial charge in [0.1, 0.15) is 11.4 Å². The van der Waals surface area contributed by atoms with Gasteiger partial charge in [0.2, 0.25) is 5.78 Å². The molecule has 0 bridgehead atoms. The molecule has 0 saturated heterocycles. The van der Waals surface area contributed by atoms with E-state index in [9.17, 15) is 4.79 Å². The highest BCUT2D eigenvalue weighted by Gasteiger charge is 2.22. The number of carbonyl (C=O) groups excluding carboxylic acids is 1. The zero-order valence-corrected chi connectivity index (χ0v) is 13.9. The summed E-state index contributed by atoms with van der Waals surface area (Å²) in [6.45, 7) is 0.888. The van der Waals surface area contributed by atoms with Crippen molar-refractivity contribution in [3.63, 3.8) is 0 Å². The van der Waals surface area contributed by atoms with Gasteiger partial charge in [-0.1, -0.05) is 27.5 Å². The Morgan fingerprint density at radius 2 is 2.19 bits per heavy atom. The van der Waals surface area contributed by atoms with Crippen molar-refractivity contribution < 1.29 is 14.3 Å². The third-order valence-electron chi connectivity index (χ3n) is 2.93. The fourth-order valence-corrected chi connectivity index (χ4v) is 2.48. The molecule has 0 atom stereocenters. The summed E-state index contributed by atoms with van der Waals surface area (Å²) in [6, 6.07) is 5.20. The third kappa shape index (κ3) is 3.45. The molecule has 1 aromatic carbocycles. The summed E-state index contributed by atoms with van der Waals surface area (Å²) < 4.78 is 12.6. The van der Waals surface area contributed by atoms with Gasteiger partial charge in [-0.2, -0.15) is 5.10 Å². The molecule has 0 amide bonds. The predicted molar refractivity (Wildman–Crippen MR) is 83.2 cm³/mol. The largest absolute Gasteiger partial charge is 0.496 e. The number of carbonyl (C=O) groups is 1. The zero-order valence-electron chi connectivity index (χ0n) is 11.6. The Labute approximate surface area is 135 Å². The Kier molecular flexibility index (Phi) is 5.39. The summed E-state index contributed by atoms with van der Waals surface area (Å²) in [5, 5.41) is 4.41. The molecule has 0 radical (unpaired) electrons. The highest BCUT2D eigenvalue weighted by atomic mass is 79.9. The normalized spacial score (nSPS) is 10.7. The molecule has 2 rings (SSSR count). The van der Waals surface area contributed by atoms with Crippen LogP contribution < -0.4 is 4.74 Å². The maximum absolute atomic E-state index is 12.7. The average molecular weight is 374 g/mol. The van der Waals surface area contributed by atoms with E-state index in [4.69, 9.17) is 21.1 Å². The van der Waals surface area contributed by atoms with Gasteiger partial charge in [-0.3, -0.25) is 9.48 Å². The maximum atomic E-state index is 12.7. The molecule has 112 valence electrons. The standard InChI is InChI=1S/C14H14BrClN2O3/c1-20-6-5-18-13(11(16)8-17-18)14(19)10-4-3-9(15)7-12(10)21-2/h3-4,7-8H,5-6H2,1-2H3. The molecule has 1 aromatic heterocycles. The van der Waals surface area contributed by atoms with Crippen LogP contribution in [0.15, 0.2) is 28.9 Å². The van der Waals surface area contributed by atoms with E-state index in [1.807, 2.05) is 0 Å². The lowest BCUT2D eigenvalue weighted by Crippen LogP contribution is -2.15. The molecule has 21 heavy (non-hydrogen) atoms. The quantitative estimate of drug-likeness (QED) is 0.730. The van der Waals surface area contributed by atoms with Crippen molar-refractivity contribution >= 4 is 33.3 Å². The van der Waals surface area contributed by atoms with Crippen LogP contribution in [0.25, 0.3) is 0 Å². The number of halogens is 2. The first-order valence-corrected chi connectivity index (χ1v) is 7.34. The molecular weight excluding hydrogens is 360 g/mol. The first-order chi connectivity index (χ1) is 10.1. The van der Waals surface area contributed by atoms with Gasteiger partial charge in [-0.15, -0.1) is 0 Å². The van der Waals surface area contributed by atoms with Gasteiger partial charge in [0, 0.05) is 11.6 Å². The lowest BCUT2D eigenvalue weighted by molar-refractivity contribution is 0.102. The molecule has 5 nitrogen and oxygen atoms in total. The van der Waals surface area contributed by atoms with Crippen LogP contribution in [0, 0.1) is 0 Å². The Bertz CT molecular complexity index is 658. The molecule has 1 heterocycles. The third-order valence-corrected chi connectivity index (χ3v) is 3.70. The van der Waals surface area contributed by atoms with Gasteiger partial charge in [0.05, 0.1) is 37.0 Å². The molecule has 0 saturated carbocycles. The number of hydrogen-bond acceptors (Lipinski definition) is 4. The summed E-state index contributed by atoms with van der Waals surface area (Å²) in [5.74, 6) is 0.239. The number of ketones is 1. The molecule has 0 spiro atoms. The van der Waals surface area contributed by atoms with E-state index in [1.165, 1.54) is 18.0 Å². The average Bonchev–Trinajstić information content (AvgIpc) is 2.85. The molecule has 0 fully saturated rings. The van der Waals surface area contributed by atoms with Crippen molar-refractivity contribution in [1.82, 2.24) is 9.78 Å². The minimum absolute atomic E-state index is 0.238.